The fraction of sp³-hybridized carbons (Fsp3) is 0.261. The molecule has 3 heterocycles. The molecule has 0 aliphatic carbocycles. The van der Waals surface area contributed by atoms with Gasteiger partial charge in [-0.3, -0.25) is 9.78 Å². The van der Waals surface area contributed by atoms with Gasteiger partial charge in [0.05, 0.1) is 29.0 Å². The first kappa shape index (κ1) is 23.4. The molecule has 1 saturated heterocycles. The van der Waals surface area contributed by atoms with Crippen molar-refractivity contribution < 1.29 is 19.1 Å². The third-order valence-corrected chi connectivity index (χ3v) is 5.80. The first-order chi connectivity index (χ1) is 16.4. The number of piperidine rings is 1. The minimum atomic E-state index is -1.04. The molecule has 0 radical (unpaired) electrons. The molecule has 1 aliphatic heterocycles. The Morgan fingerprint density at radius 3 is 2.82 bits per heavy atom. The van der Waals surface area contributed by atoms with Crippen molar-refractivity contribution in [2.24, 2.45) is 5.92 Å². The van der Waals surface area contributed by atoms with Crippen LogP contribution in [0.4, 0.5) is 20.8 Å². The fourth-order valence-corrected chi connectivity index (χ4v) is 3.91. The SMILES string of the molecule is O=C(Nc1cc(-c2cncc(NCc3ccccc3F)n2)c(Cl)cn1)C1CCCN(C(=O)O)C1. The van der Waals surface area contributed by atoms with Gasteiger partial charge in [0.15, 0.2) is 0 Å². The van der Waals surface area contributed by atoms with Gasteiger partial charge in [0.1, 0.15) is 17.5 Å². The van der Waals surface area contributed by atoms with Crippen LogP contribution >= 0.6 is 11.6 Å². The predicted octanol–water partition coefficient (Wildman–Crippen LogP) is 4.27. The lowest BCUT2D eigenvalue weighted by Gasteiger charge is -2.29. The van der Waals surface area contributed by atoms with E-state index in [0.717, 1.165) is 0 Å². The molecule has 176 valence electrons. The quantitative estimate of drug-likeness (QED) is 0.477. The lowest BCUT2D eigenvalue weighted by Crippen LogP contribution is -2.43. The molecule has 1 unspecified atom stereocenters. The minimum absolute atomic E-state index is 0.142. The number of hydrogen-bond donors (Lipinski definition) is 3. The van der Waals surface area contributed by atoms with Gasteiger partial charge in [0, 0.05) is 37.0 Å². The van der Waals surface area contributed by atoms with E-state index in [2.05, 4.69) is 25.6 Å². The molecule has 0 saturated carbocycles. The fourth-order valence-electron chi connectivity index (χ4n) is 3.70. The van der Waals surface area contributed by atoms with Crippen LogP contribution in [0.25, 0.3) is 11.3 Å². The average Bonchev–Trinajstić information content (AvgIpc) is 2.85. The third-order valence-electron chi connectivity index (χ3n) is 5.50. The summed E-state index contributed by atoms with van der Waals surface area (Å²) in [6.07, 6.45) is 4.61. The number of anilines is 2. The molecule has 1 fully saturated rings. The molecule has 1 aromatic carbocycles. The number of halogens is 2. The summed E-state index contributed by atoms with van der Waals surface area (Å²) in [5.74, 6) is -0.394. The molecule has 11 heteroatoms. The highest BCUT2D eigenvalue weighted by atomic mass is 35.5. The molecule has 2 aromatic heterocycles. The monoisotopic (exact) mass is 484 g/mol. The van der Waals surface area contributed by atoms with Crippen LogP contribution in [-0.4, -0.2) is 50.0 Å². The van der Waals surface area contributed by atoms with Crippen molar-refractivity contribution in [3.05, 3.63) is 65.3 Å². The zero-order chi connectivity index (χ0) is 24.1. The van der Waals surface area contributed by atoms with Crippen LogP contribution in [0.5, 0.6) is 0 Å². The van der Waals surface area contributed by atoms with Crippen LogP contribution < -0.4 is 10.6 Å². The number of pyridine rings is 1. The van der Waals surface area contributed by atoms with Gasteiger partial charge in [-0.1, -0.05) is 29.8 Å². The van der Waals surface area contributed by atoms with Gasteiger partial charge in [0.25, 0.3) is 0 Å². The van der Waals surface area contributed by atoms with Crippen LogP contribution in [-0.2, 0) is 11.3 Å². The Balaban J connectivity index is 1.47. The normalized spacial score (nSPS) is 15.6. The van der Waals surface area contributed by atoms with Gasteiger partial charge in [-0.2, -0.15) is 0 Å². The molecule has 3 N–H and O–H groups in total. The summed E-state index contributed by atoms with van der Waals surface area (Å²) in [5.41, 5.74) is 1.44. The van der Waals surface area contributed by atoms with Gasteiger partial charge in [0.2, 0.25) is 5.91 Å². The number of rotatable bonds is 6. The summed E-state index contributed by atoms with van der Waals surface area (Å²) in [7, 11) is 0. The van der Waals surface area contributed by atoms with Gasteiger partial charge >= 0.3 is 6.09 Å². The molecule has 4 rings (SSSR count). The molecular weight excluding hydrogens is 463 g/mol. The van der Waals surface area contributed by atoms with Gasteiger partial charge < -0.3 is 20.6 Å². The maximum Gasteiger partial charge on any atom is 0.407 e. The summed E-state index contributed by atoms with van der Waals surface area (Å²) in [6.45, 7) is 0.788. The van der Waals surface area contributed by atoms with E-state index in [9.17, 15) is 19.1 Å². The van der Waals surface area contributed by atoms with E-state index in [1.807, 2.05) is 0 Å². The molecule has 0 bridgehead atoms. The summed E-state index contributed by atoms with van der Waals surface area (Å²) in [4.78, 5) is 38.0. The molecule has 0 spiro atoms. The van der Waals surface area contributed by atoms with Crippen LogP contribution in [0, 0.1) is 11.7 Å². The van der Waals surface area contributed by atoms with Gasteiger partial charge in [-0.15, -0.1) is 0 Å². The van der Waals surface area contributed by atoms with E-state index in [1.54, 1.807) is 24.3 Å². The molecule has 3 aromatic rings. The maximum atomic E-state index is 13.9. The number of carbonyl (C=O) groups excluding carboxylic acids is 1. The van der Waals surface area contributed by atoms with Crippen molar-refractivity contribution >= 4 is 35.2 Å². The Morgan fingerprint density at radius 1 is 1.21 bits per heavy atom. The second-order valence-electron chi connectivity index (χ2n) is 7.84. The molecule has 1 aliphatic rings. The maximum absolute atomic E-state index is 13.9. The van der Waals surface area contributed by atoms with Crippen LogP contribution in [0.3, 0.4) is 0 Å². The molecule has 2 amide bonds. The van der Waals surface area contributed by atoms with Crippen LogP contribution in [0.1, 0.15) is 18.4 Å². The highest BCUT2D eigenvalue weighted by molar-refractivity contribution is 6.33. The van der Waals surface area contributed by atoms with Crippen molar-refractivity contribution in [1.82, 2.24) is 19.9 Å². The Kier molecular flexibility index (Phi) is 7.17. The zero-order valence-electron chi connectivity index (χ0n) is 18.0. The lowest BCUT2D eigenvalue weighted by atomic mass is 9.97. The number of nitrogens with one attached hydrogen (secondary N) is 2. The van der Waals surface area contributed by atoms with Crippen molar-refractivity contribution in [3.8, 4) is 11.3 Å². The Morgan fingerprint density at radius 2 is 2.03 bits per heavy atom. The lowest BCUT2D eigenvalue weighted by molar-refractivity contribution is -0.121. The summed E-state index contributed by atoms with van der Waals surface area (Å²) < 4.78 is 13.9. The number of carbonyl (C=O) groups is 2. The van der Waals surface area contributed by atoms with E-state index in [1.165, 1.54) is 29.6 Å². The van der Waals surface area contributed by atoms with Crippen molar-refractivity contribution in [3.63, 3.8) is 0 Å². The number of carboxylic acid groups (broad SMARTS) is 1. The second kappa shape index (κ2) is 10.4. The number of amides is 2. The third kappa shape index (κ3) is 5.57. The van der Waals surface area contributed by atoms with Crippen LogP contribution in [0.2, 0.25) is 5.02 Å². The van der Waals surface area contributed by atoms with E-state index in [4.69, 9.17) is 11.6 Å². The number of benzene rings is 1. The number of nitrogens with zero attached hydrogens (tertiary/aromatic N) is 4. The van der Waals surface area contributed by atoms with Gasteiger partial charge in [-0.25, -0.2) is 19.2 Å². The summed E-state index contributed by atoms with van der Waals surface area (Å²) in [5, 5.41) is 15.3. The molecule has 34 heavy (non-hydrogen) atoms. The van der Waals surface area contributed by atoms with E-state index < -0.39 is 12.0 Å². The van der Waals surface area contributed by atoms with Crippen molar-refractivity contribution in [2.75, 3.05) is 23.7 Å². The average molecular weight is 485 g/mol. The first-order valence-corrected chi connectivity index (χ1v) is 11.0. The Bertz CT molecular complexity index is 1210. The number of hydrogen-bond acceptors (Lipinski definition) is 6. The van der Waals surface area contributed by atoms with E-state index in [-0.39, 0.29) is 30.6 Å². The standard InChI is InChI=1S/C23H22ClFN6O3/c24-17-10-28-20(30-22(32)15-5-3-7-31(13-15)23(33)34)8-16(17)19-11-26-12-21(29-19)27-9-14-4-1-2-6-18(14)25/h1-2,4,6,8,10-12,15H,3,5,7,9,13H2,(H,27,29)(H,33,34)(H,28,30,32). The molecule has 9 nitrogen and oxygen atoms in total. The predicted molar refractivity (Wildman–Crippen MR) is 125 cm³/mol. The number of likely N-dealkylation sites (tertiary alicyclic amines) is 1. The topological polar surface area (TPSA) is 120 Å². The Hall–Kier alpha value is -3.79. The number of aromatic nitrogens is 3. The second-order valence-corrected chi connectivity index (χ2v) is 8.25. The van der Waals surface area contributed by atoms with Gasteiger partial charge in [-0.05, 0) is 25.0 Å². The minimum Gasteiger partial charge on any atom is -0.465 e. The van der Waals surface area contributed by atoms with E-state index in [0.29, 0.717) is 47.0 Å². The zero-order valence-corrected chi connectivity index (χ0v) is 18.8. The van der Waals surface area contributed by atoms with Crippen LogP contribution in [0.15, 0.2) is 48.9 Å². The first-order valence-electron chi connectivity index (χ1n) is 10.6. The smallest absolute Gasteiger partial charge is 0.407 e. The molecule has 1 atom stereocenters. The summed E-state index contributed by atoms with van der Waals surface area (Å²) >= 11 is 6.33. The highest BCUT2D eigenvalue weighted by Crippen LogP contribution is 2.29. The highest BCUT2D eigenvalue weighted by Gasteiger charge is 2.28. The largest absolute Gasteiger partial charge is 0.465 e. The Labute approximate surface area is 200 Å². The van der Waals surface area contributed by atoms with E-state index >= 15 is 0 Å². The summed E-state index contributed by atoms with van der Waals surface area (Å²) in [6, 6.07) is 8.02. The van der Waals surface area contributed by atoms with Crippen molar-refractivity contribution in [2.45, 2.75) is 19.4 Å². The van der Waals surface area contributed by atoms with Crippen molar-refractivity contribution in [1.29, 1.82) is 0 Å². The molecular formula is C23H22ClFN6O3.